The summed E-state index contributed by atoms with van der Waals surface area (Å²) in [6.45, 7) is 5.29. The average molecular weight is 294 g/mol. The number of hydrogen-bond acceptors (Lipinski definition) is 4. The lowest BCUT2D eigenvalue weighted by Crippen LogP contribution is -2.41. The standard InChI is InChI=1S/C10H16BrNO4/c1-10(2,3)16-9(14)12-7-4-6(5-11)15-8(7)13/h6-7H,4-5H2,1-3H3,(H,12,14)/t6-,7+/m1/s1. The van der Waals surface area contributed by atoms with Gasteiger partial charge in [-0.15, -0.1) is 0 Å². The molecule has 0 spiro atoms. The van der Waals surface area contributed by atoms with Crippen molar-refractivity contribution >= 4 is 28.0 Å². The Labute approximate surface area is 103 Å². The molecule has 0 aromatic rings. The number of alkyl halides is 1. The Kier molecular flexibility index (Phi) is 4.18. The van der Waals surface area contributed by atoms with Gasteiger partial charge in [0.25, 0.3) is 0 Å². The van der Waals surface area contributed by atoms with Crippen LogP contribution in [0.4, 0.5) is 4.79 Å². The summed E-state index contributed by atoms with van der Waals surface area (Å²) in [5, 5.41) is 3.07. The SMILES string of the molecule is CC(C)(C)OC(=O)N[C@H]1C[C@H](CBr)OC1=O. The van der Waals surface area contributed by atoms with Crippen LogP contribution in [0.25, 0.3) is 0 Å². The lowest BCUT2D eigenvalue weighted by atomic mass is 10.2. The van der Waals surface area contributed by atoms with Crippen LogP contribution in [0.5, 0.6) is 0 Å². The van der Waals surface area contributed by atoms with Crippen LogP contribution in [-0.2, 0) is 14.3 Å². The molecule has 5 nitrogen and oxygen atoms in total. The highest BCUT2D eigenvalue weighted by Crippen LogP contribution is 2.17. The van der Waals surface area contributed by atoms with Crippen LogP contribution in [0.2, 0.25) is 0 Å². The molecule has 1 amide bonds. The summed E-state index contributed by atoms with van der Waals surface area (Å²) in [6.07, 6.45) is -0.291. The fourth-order valence-corrected chi connectivity index (χ4v) is 1.71. The second kappa shape index (κ2) is 5.03. The number of nitrogens with one attached hydrogen (secondary N) is 1. The van der Waals surface area contributed by atoms with Gasteiger partial charge >= 0.3 is 12.1 Å². The Hall–Kier alpha value is -0.780. The Morgan fingerprint density at radius 3 is 2.69 bits per heavy atom. The molecule has 1 fully saturated rings. The van der Waals surface area contributed by atoms with Gasteiger partial charge in [-0.3, -0.25) is 0 Å². The van der Waals surface area contributed by atoms with Crippen molar-refractivity contribution in [3.63, 3.8) is 0 Å². The highest BCUT2D eigenvalue weighted by atomic mass is 79.9. The zero-order valence-electron chi connectivity index (χ0n) is 9.58. The van der Waals surface area contributed by atoms with E-state index in [4.69, 9.17) is 9.47 Å². The molecule has 2 atom stereocenters. The first-order valence-corrected chi connectivity index (χ1v) is 6.20. The molecular weight excluding hydrogens is 278 g/mol. The van der Waals surface area contributed by atoms with Crippen molar-refractivity contribution in [1.82, 2.24) is 5.32 Å². The molecule has 0 bridgehead atoms. The molecule has 0 aromatic carbocycles. The van der Waals surface area contributed by atoms with Crippen molar-refractivity contribution < 1.29 is 19.1 Å². The number of amides is 1. The summed E-state index contributed by atoms with van der Waals surface area (Å²) in [7, 11) is 0. The topological polar surface area (TPSA) is 64.6 Å². The fraction of sp³-hybridized carbons (Fsp3) is 0.800. The molecule has 16 heavy (non-hydrogen) atoms. The number of alkyl carbamates (subject to hydrolysis) is 1. The van der Waals surface area contributed by atoms with Crippen molar-refractivity contribution in [1.29, 1.82) is 0 Å². The lowest BCUT2D eigenvalue weighted by Gasteiger charge is -2.20. The van der Waals surface area contributed by atoms with E-state index in [-0.39, 0.29) is 6.10 Å². The predicted octanol–water partition coefficient (Wildman–Crippen LogP) is 1.59. The van der Waals surface area contributed by atoms with Crippen LogP contribution in [0, 0.1) is 0 Å². The second-order valence-corrected chi connectivity index (χ2v) is 5.30. The molecule has 92 valence electrons. The van der Waals surface area contributed by atoms with Crippen molar-refractivity contribution in [2.24, 2.45) is 0 Å². The van der Waals surface area contributed by atoms with Gasteiger partial charge in [0.1, 0.15) is 17.7 Å². The third kappa shape index (κ3) is 4.00. The first-order chi connectivity index (χ1) is 7.31. The van der Waals surface area contributed by atoms with E-state index >= 15 is 0 Å². The van der Waals surface area contributed by atoms with Crippen LogP contribution in [0.1, 0.15) is 27.2 Å². The summed E-state index contributed by atoms with van der Waals surface area (Å²) in [5.41, 5.74) is -0.568. The van der Waals surface area contributed by atoms with Crippen molar-refractivity contribution in [2.45, 2.75) is 44.9 Å². The van der Waals surface area contributed by atoms with Gasteiger partial charge < -0.3 is 14.8 Å². The molecule has 6 heteroatoms. The van der Waals surface area contributed by atoms with E-state index in [1.165, 1.54) is 0 Å². The minimum atomic E-state index is -0.600. The number of rotatable bonds is 2. The normalized spacial score (nSPS) is 25.1. The van der Waals surface area contributed by atoms with Crippen molar-refractivity contribution in [3.8, 4) is 0 Å². The quantitative estimate of drug-likeness (QED) is 0.620. The highest BCUT2D eigenvalue weighted by Gasteiger charge is 2.35. The third-order valence-electron chi connectivity index (χ3n) is 1.93. The van der Waals surface area contributed by atoms with E-state index in [1.807, 2.05) is 0 Å². The molecule has 0 saturated carbocycles. The predicted molar refractivity (Wildman–Crippen MR) is 61.4 cm³/mol. The zero-order valence-corrected chi connectivity index (χ0v) is 11.2. The van der Waals surface area contributed by atoms with Crippen LogP contribution in [0.3, 0.4) is 0 Å². The lowest BCUT2D eigenvalue weighted by molar-refractivity contribution is -0.142. The van der Waals surface area contributed by atoms with Gasteiger partial charge in [-0.25, -0.2) is 9.59 Å². The summed E-state index contributed by atoms with van der Waals surface area (Å²) in [4.78, 5) is 22.7. The first-order valence-electron chi connectivity index (χ1n) is 5.08. The first kappa shape index (κ1) is 13.3. The minimum Gasteiger partial charge on any atom is -0.460 e. The smallest absolute Gasteiger partial charge is 0.408 e. The fourth-order valence-electron chi connectivity index (χ4n) is 1.32. The monoisotopic (exact) mass is 293 g/mol. The molecule has 0 radical (unpaired) electrons. The van der Waals surface area contributed by atoms with Crippen LogP contribution in [0.15, 0.2) is 0 Å². The molecule has 0 aliphatic carbocycles. The van der Waals surface area contributed by atoms with E-state index in [2.05, 4.69) is 21.2 Å². The molecule has 1 aliphatic heterocycles. The second-order valence-electron chi connectivity index (χ2n) is 4.65. The van der Waals surface area contributed by atoms with Gasteiger partial charge in [0.05, 0.1) is 0 Å². The maximum atomic E-state index is 11.4. The van der Waals surface area contributed by atoms with Crippen LogP contribution < -0.4 is 5.32 Å². The van der Waals surface area contributed by atoms with Crippen molar-refractivity contribution in [3.05, 3.63) is 0 Å². The third-order valence-corrected chi connectivity index (χ3v) is 2.65. The highest BCUT2D eigenvalue weighted by molar-refractivity contribution is 9.09. The Morgan fingerprint density at radius 2 is 2.25 bits per heavy atom. The van der Waals surface area contributed by atoms with Gasteiger partial charge in [0.2, 0.25) is 0 Å². The number of hydrogen-bond donors (Lipinski definition) is 1. The maximum absolute atomic E-state index is 11.4. The minimum absolute atomic E-state index is 0.174. The van der Waals surface area contributed by atoms with Gasteiger partial charge in [-0.05, 0) is 20.8 Å². The molecule has 0 unspecified atom stereocenters. The largest absolute Gasteiger partial charge is 0.460 e. The van der Waals surface area contributed by atoms with E-state index in [1.54, 1.807) is 20.8 Å². The van der Waals surface area contributed by atoms with Crippen LogP contribution in [-0.4, -0.2) is 35.1 Å². The number of esters is 1. The van der Waals surface area contributed by atoms with E-state index in [0.717, 1.165) is 0 Å². The number of ether oxygens (including phenoxy) is 2. The number of carbonyl (C=O) groups excluding carboxylic acids is 2. The summed E-state index contributed by atoms with van der Waals surface area (Å²) in [6, 6.07) is -0.600. The summed E-state index contributed by atoms with van der Waals surface area (Å²) >= 11 is 3.23. The Bertz CT molecular complexity index is 287. The van der Waals surface area contributed by atoms with Gasteiger partial charge in [-0.1, -0.05) is 15.9 Å². The van der Waals surface area contributed by atoms with E-state index in [9.17, 15) is 9.59 Å². The Balaban J connectivity index is 2.43. The molecule has 1 N–H and O–H groups in total. The maximum Gasteiger partial charge on any atom is 0.408 e. The summed E-state index contributed by atoms with van der Waals surface area (Å²) in [5.74, 6) is -0.407. The van der Waals surface area contributed by atoms with Gasteiger partial charge in [0.15, 0.2) is 0 Å². The average Bonchev–Trinajstić information content (AvgIpc) is 2.44. The number of cyclic esters (lactones) is 1. The van der Waals surface area contributed by atoms with E-state index in [0.29, 0.717) is 11.8 Å². The molecule has 0 aromatic heterocycles. The number of halogens is 1. The van der Waals surface area contributed by atoms with Crippen LogP contribution >= 0.6 is 15.9 Å². The zero-order chi connectivity index (χ0) is 12.3. The molecule has 1 heterocycles. The Morgan fingerprint density at radius 1 is 1.62 bits per heavy atom. The molecule has 1 aliphatic rings. The summed E-state index contributed by atoms with van der Waals surface area (Å²) < 4.78 is 10.0. The molecule has 1 rings (SSSR count). The van der Waals surface area contributed by atoms with E-state index < -0.39 is 23.7 Å². The number of carbonyl (C=O) groups is 2. The van der Waals surface area contributed by atoms with Gasteiger partial charge in [-0.2, -0.15) is 0 Å². The molecule has 1 saturated heterocycles. The van der Waals surface area contributed by atoms with Gasteiger partial charge in [0, 0.05) is 11.8 Å². The molecular formula is C10H16BrNO4. The van der Waals surface area contributed by atoms with Crippen molar-refractivity contribution in [2.75, 3.05) is 5.33 Å².